The molecule has 0 aliphatic carbocycles. The minimum absolute atomic E-state index is 0.0315. The number of carbonyl (C=O) groups excluding carboxylic acids is 1. The summed E-state index contributed by atoms with van der Waals surface area (Å²) in [5, 5.41) is 12.4. The molecule has 0 fully saturated rings. The lowest BCUT2D eigenvalue weighted by Crippen LogP contribution is -2.27. The molecule has 0 saturated carbocycles. The van der Waals surface area contributed by atoms with E-state index in [4.69, 9.17) is 4.42 Å². The van der Waals surface area contributed by atoms with Crippen molar-refractivity contribution in [3.63, 3.8) is 0 Å². The van der Waals surface area contributed by atoms with Crippen LogP contribution in [0.25, 0.3) is 22.6 Å². The number of aromatic nitrogens is 5. The SMILES string of the molecule is Cc1nc2ccccc2n1CCCNC(=O)CSc1nnc(-c2ccco2)n1Cc1ccccc1. The molecule has 1 N–H and O–H groups in total. The zero-order chi connectivity index (χ0) is 24.0. The van der Waals surface area contributed by atoms with Gasteiger partial charge in [0.05, 0.1) is 29.6 Å². The number of para-hydroxylation sites is 2. The van der Waals surface area contributed by atoms with Crippen molar-refractivity contribution in [3.05, 3.63) is 84.4 Å². The van der Waals surface area contributed by atoms with Crippen LogP contribution in [0.4, 0.5) is 0 Å². The van der Waals surface area contributed by atoms with E-state index in [1.165, 1.54) is 11.8 Å². The number of nitrogens with one attached hydrogen (secondary N) is 1. The van der Waals surface area contributed by atoms with Gasteiger partial charge in [-0.25, -0.2) is 4.98 Å². The second kappa shape index (κ2) is 10.6. The van der Waals surface area contributed by atoms with Gasteiger partial charge in [0.1, 0.15) is 5.82 Å². The summed E-state index contributed by atoms with van der Waals surface area (Å²) in [6, 6.07) is 21.9. The normalized spacial score (nSPS) is 11.2. The van der Waals surface area contributed by atoms with E-state index >= 15 is 0 Å². The van der Waals surface area contributed by atoms with Crippen LogP contribution < -0.4 is 5.32 Å². The minimum Gasteiger partial charge on any atom is -0.461 e. The number of imidazole rings is 1. The van der Waals surface area contributed by atoms with Crippen LogP contribution in [-0.2, 0) is 17.9 Å². The molecule has 0 aliphatic rings. The third-order valence-electron chi connectivity index (χ3n) is 5.70. The number of carbonyl (C=O) groups is 1. The molecule has 178 valence electrons. The largest absolute Gasteiger partial charge is 0.461 e. The Morgan fingerprint density at radius 3 is 2.66 bits per heavy atom. The smallest absolute Gasteiger partial charge is 0.230 e. The summed E-state index contributed by atoms with van der Waals surface area (Å²) in [4.78, 5) is 17.1. The van der Waals surface area contributed by atoms with Gasteiger partial charge in [-0.2, -0.15) is 0 Å². The molecule has 0 spiro atoms. The maximum Gasteiger partial charge on any atom is 0.230 e. The number of furan rings is 1. The molecule has 1 amide bonds. The molecule has 0 bridgehead atoms. The van der Waals surface area contributed by atoms with Gasteiger partial charge in [-0.3, -0.25) is 9.36 Å². The third kappa shape index (κ3) is 5.30. The van der Waals surface area contributed by atoms with Gasteiger partial charge in [0.15, 0.2) is 10.9 Å². The highest BCUT2D eigenvalue weighted by Gasteiger charge is 2.18. The van der Waals surface area contributed by atoms with Gasteiger partial charge in [-0.05, 0) is 43.2 Å². The molecular formula is C26H26N6O2S. The van der Waals surface area contributed by atoms with E-state index in [2.05, 4.69) is 43.3 Å². The van der Waals surface area contributed by atoms with E-state index in [0.717, 1.165) is 35.4 Å². The lowest BCUT2D eigenvalue weighted by molar-refractivity contribution is -0.118. The van der Waals surface area contributed by atoms with Crippen molar-refractivity contribution in [1.29, 1.82) is 0 Å². The average molecular weight is 487 g/mol. The summed E-state index contributed by atoms with van der Waals surface area (Å²) in [6.07, 6.45) is 2.44. The lowest BCUT2D eigenvalue weighted by Gasteiger charge is -2.10. The second-order valence-corrected chi connectivity index (χ2v) is 9.09. The van der Waals surface area contributed by atoms with Crippen molar-refractivity contribution in [2.75, 3.05) is 12.3 Å². The van der Waals surface area contributed by atoms with Crippen LogP contribution in [0.1, 0.15) is 17.8 Å². The molecular weight excluding hydrogens is 460 g/mol. The Labute approximate surface area is 207 Å². The fourth-order valence-electron chi connectivity index (χ4n) is 4.02. The molecule has 0 radical (unpaired) electrons. The van der Waals surface area contributed by atoms with Crippen molar-refractivity contribution in [3.8, 4) is 11.6 Å². The summed E-state index contributed by atoms with van der Waals surface area (Å²) in [6.45, 7) is 4.00. The Morgan fingerprint density at radius 1 is 1.00 bits per heavy atom. The van der Waals surface area contributed by atoms with Crippen molar-refractivity contribution in [2.24, 2.45) is 0 Å². The Balaban J connectivity index is 1.18. The van der Waals surface area contributed by atoms with Gasteiger partial charge in [0, 0.05) is 13.1 Å². The lowest BCUT2D eigenvalue weighted by atomic mass is 10.2. The monoisotopic (exact) mass is 486 g/mol. The van der Waals surface area contributed by atoms with Crippen LogP contribution in [0.2, 0.25) is 0 Å². The second-order valence-electron chi connectivity index (χ2n) is 8.15. The van der Waals surface area contributed by atoms with Crippen molar-refractivity contribution in [1.82, 2.24) is 29.6 Å². The van der Waals surface area contributed by atoms with Gasteiger partial charge in [-0.15, -0.1) is 10.2 Å². The molecule has 5 aromatic rings. The number of hydrogen-bond donors (Lipinski definition) is 1. The number of amides is 1. The molecule has 3 aromatic heterocycles. The van der Waals surface area contributed by atoms with Crippen LogP contribution in [0.3, 0.4) is 0 Å². The number of thioether (sulfide) groups is 1. The Bertz CT molecular complexity index is 1410. The highest BCUT2D eigenvalue weighted by atomic mass is 32.2. The van der Waals surface area contributed by atoms with E-state index in [9.17, 15) is 4.79 Å². The molecule has 2 aromatic carbocycles. The number of hydrogen-bond acceptors (Lipinski definition) is 6. The topological polar surface area (TPSA) is 90.8 Å². The fraction of sp³-hybridized carbons (Fsp3) is 0.231. The highest BCUT2D eigenvalue weighted by molar-refractivity contribution is 7.99. The quantitative estimate of drug-likeness (QED) is 0.230. The first kappa shape index (κ1) is 22.9. The summed E-state index contributed by atoms with van der Waals surface area (Å²) >= 11 is 1.37. The first-order valence-electron chi connectivity index (χ1n) is 11.5. The molecule has 0 unspecified atom stereocenters. The van der Waals surface area contributed by atoms with E-state index in [-0.39, 0.29) is 11.7 Å². The van der Waals surface area contributed by atoms with Gasteiger partial charge in [0.25, 0.3) is 0 Å². The van der Waals surface area contributed by atoms with E-state index in [1.54, 1.807) is 6.26 Å². The number of rotatable bonds is 10. The molecule has 0 atom stereocenters. The summed E-state index contributed by atoms with van der Waals surface area (Å²) in [7, 11) is 0. The molecule has 0 saturated heterocycles. The molecule has 5 rings (SSSR count). The Kier molecular flexibility index (Phi) is 6.94. The van der Waals surface area contributed by atoms with E-state index in [1.807, 2.05) is 60.0 Å². The van der Waals surface area contributed by atoms with E-state index < -0.39 is 0 Å². The number of benzene rings is 2. The zero-order valence-corrected chi connectivity index (χ0v) is 20.2. The predicted octanol–water partition coefficient (Wildman–Crippen LogP) is 4.54. The van der Waals surface area contributed by atoms with Crippen LogP contribution in [0.5, 0.6) is 0 Å². The maximum atomic E-state index is 12.5. The minimum atomic E-state index is -0.0315. The zero-order valence-electron chi connectivity index (χ0n) is 19.4. The summed E-state index contributed by atoms with van der Waals surface area (Å²) < 4.78 is 9.73. The first-order valence-corrected chi connectivity index (χ1v) is 12.5. The average Bonchev–Trinajstić information content (AvgIpc) is 3.60. The van der Waals surface area contributed by atoms with Crippen molar-refractivity contribution >= 4 is 28.7 Å². The van der Waals surface area contributed by atoms with Gasteiger partial charge >= 0.3 is 0 Å². The van der Waals surface area contributed by atoms with Crippen molar-refractivity contribution < 1.29 is 9.21 Å². The standard InChI is InChI=1S/C26H26N6O2S/c1-19-28-21-11-5-6-12-22(21)31(19)15-8-14-27-24(33)18-35-26-30-29-25(23-13-7-16-34-23)32(26)17-20-9-3-2-4-10-20/h2-7,9-13,16H,8,14-15,17-18H2,1H3,(H,27,33). The van der Waals surface area contributed by atoms with Gasteiger partial charge in [-0.1, -0.05) is 54.2 Å². The Morgan fingerprint density at radius 2 is 1.83 bits per heavy atom. The van der Waals surface area contributed by atoms with Crippen LogP contribution >= 0.6 is 11.8 Å². The van der Waals surface area contributed by atoms with E-state index in [0.29, 0.717) is 29.8 Å². The highest BCUT2D eigenvalue weighted by Crippen LogP contribution is 2.25. The third-order valence-corrected chi connectivity index (χ3v) is 6.67. The van der Waals surface area contributed by atoms with Gasteiger partial charge in [0.2, 0.25) is 11.7 Å². The molecule has 9 heteroatoms. The summed E-state index contributed by atoms with van der Waals surface area (Å²) in [5.74, 6) is 2.50. The number of fused-ring (bicyclic) bond motifs is 1. The van der Waals surface area contributed by atoms with Crippen molar-refractivity contribution in [2.45, 2.75) is 31.6 Å². The predicted molar refractivity (Wildman–Crippen MR) is 136 cm³/mol. The number of nitrogens with zero attached hydrogens (tertiary/aromatic N) is 5. The van der Waals surface area contributed by atoms with Crippen LogP contribution in [0.15, 0.2) is 82.6 Å². The summed E-state index contributed by atoms with van der Waals surface area (Å²) in [5.41, 5.74) is 3.24. The first-order chi connectivity index (χ1) is 17.2. The van der Waals surface area contributed by atoms with Crippen LogP contribution in [-0.4, -0.2) is 42.5 Å². The molecule has 35 heavy (non-hydrogen) atoms. The Hall–Kier alpha value is -3.85. The maximum absolute atomic E-state index is 12.5. The molecule has 3 heterocycles. The van der Waals surface area contributed by atoms with Crippen LogP contribution in [0, 0.1) is 6.92 Å². The molecule has 0 aliphatic heterocycles. The molecule has 8 nitrogen and oxygen atoms in total. The van der Waals surface area contributed by atoms with Gasteiger partial charge < -0.3 is 14.3 Å². The fourth-order valence-corrected chi connectivity index (χ4v) is 4.78. The number of aryl methyl sites for hydroxylation is 2.